The smallest absolute Gasteiger partial charge is 0.153 e. The summed E-state index contributed by atoms with van der Waals surface area (Å²) in [6.07, 6.45) is 4.57. The Hall–Kier alpha value is -2.43. The summed E-state index contributed by atoms with van der Waals surface area (Å²) in [6, 6.07) is 21.0. The second kappa shape index (κ2) is 16.1. The Morgan fingerprint density at radius 2 is 1.57 bits per heavy atom. The van der Waals surface area contributed by atoms with E-state index in [-0.39, 0.29) is 12.4 Å². The molecule has 0 heterocycles. The van der Waals surface area contributed by atoms with Gasteiger partial charge in [-0.1, -0.05) is 42.5 Å². The van der Waals surface area contributed by atoms with Crippen molar-refractivity contribution in [2.75, 3.05) is 26.3 Å². The van der Waals surface area contributed by atoms with E-state index >= 15 is 0 Å². The lowest BCUT2D eigenvalue weighted by molar-refractivity contribution is 0.0338. The zero-order valence-electron chi connectivity index (χ0n) is 23.0. The van der Waals surface area contributed by atoms with Crippen LogP contribution in [0.1, 0.15) is 59.6 Å². The minimum Gasteiger partial charge on any atom is -0.611 e. The lowest BCUT2D eigenvalue weighted by atomic mass is 10.0. The van der Waals surface area contributed by atoms with Crippen LogP contribution >= 0.6 is 0 Å². The van der Waals surface area contributed by atoms with Crippen LogP contribution in [0.5, 0.6) is 5.75 Å². The standard InChI is InChI=1S/C32H41NO6S/c34-21-28-19-27(11-12-31(28)35)32(36)20-33-14-13-24-5-3-6-25(17-24)22-38-15-16-39-23-26-7-4-10-30(18-26)40(37)29-8-1-2-9-29/h3-7,10-12,17-19,29,32-36H,1-2,8-9,13-16,20-23H2/t32-,40?/m0/s1. The van der Waals surface area contributed by atoms with Gasteiger partial charge in [0.05, 0.1) is 39.1 Å². The highest BCUT2D eigenvalue weighted by atomic mass is 32.2. The summed E-state index contributed by atoms with van der Waals surface area (Å²) in [5.74, 6) is 0.0257. The molecule has 0 bridgehead atoms. The molecule has 0 aromatic heterocycles. The largest absolute Gasteiger partial charge is 0.611 e. The van der Waals surface area contributed by atoms with Gasteiger partial charge in [-0.05, 0) is 96.3 Å². The van der Waals surface area contributed by atoms with Crippen LogP contribution < -0.4 is 5.32 Å². The number of ether oxygens (including phenoxy) is 2. The van der Waals surface area contributed by atoms with Crippen molar-refractivity contribution >= 4 is 11.2 Å². The number of rotatable bonds is 16. The van der Waals surface area contributed by atoms with Crippen LogP contribution in [0.25, 0.3) is 0 Å². The van der Waals surface area contributed by atoms with Crippen molar-refractivity contribution < 1.29 is 29.3 Å². The molecule has 0 saturated heterocycles. The molecule has 1 unspecified atom stereocenters. The topological polar surface area (TPSA) is 114 Å². The molecular formula is C32H41NO6S. The first kappa shape index (κ1) is 30.5. The minimum absolute atomic E-state index is 0.0257. The van der Waals surface area contributed by atoms with Gasteiger partial charge in [-0.3, -0.25) is 0 Å². The molecule has 3 aromatic carbocycles. The number of phenols is 1. The zero-order chi connectivity index (χ0) is 28.2. The lowest BCUT2D eigenvalue weighted by Crippen LogP contribution is -2.23. The number of benzene rings is 3. The van der Waals surface area contributed by atoms with Crippen molar-refractivity contribution in [1.29, 1.82) is 0 Å². The summed E-state index contributed by atoms with van der Waals surface area (Å²) < 4.78 is 24.4. The highest BCUT2D eigenvalue weighted by Gasteiger charge is 2.28. The van der Waals surface area contributed by atoms with E-state index < -0.39 is 17.3 Å². The monoisotopic (exact) mass is 567 g/mol. The predicted octanol–water partition coefficient (Wildman–Crippen LogP) is 4.53. The molecule has 2 atom stereocenters. The average molecular weight is 568 g/mol. The first-order valence-corrected chi connectivity index (χ1v) is 15.3. The van der Waals surface area contributed by atoms with E-state index in [1.807, 2.05) is 36.4 Å². The summed E-state index contributed by atoms with van der Waals surface area (Å²) in [7, 11) is 0. The lowest BCUT2D eigenvalue weighted by Gasteiger charge is -2.17. The Balaban J connectivity index is 1.10. The molecule has 216 valence electrons. The highest BCUT2D eigenvalue weighted by molar-refractivity contribution is 7.92. The van der Waals surface area contributed by atoms with Crippen molar-refractivity contribution in [3.63, 3.8) is 0 Å². The number of aliphatic hydroxyl groups is 2. The maximum atomic E-state index is 12.8. The van der Waals surface area contributed by atoms with Crippen molar-refractivity contribution in [2.24, 2.45) is 0 Å². The summed E-state index contributed by atoms with van der Waals surface area (Å²) in [5.41, 5.74) is 4.37. The quantitative estimate of drug-likeness (QED) is 0.149. The van der Waals surface area contributed by atoms with E-state index in [0.717, 1.165) is 35.3 Å². The van der Waals surface area contributed by atoms with Gasteiger partial charge < -0.3 is 34.7 Å². The average Bonchev–Trinajstić information content (AvgIpc) is 3.52. The normalized spacial score (nSPS) is 15.4. The van der Waals surface area contributed by atoms with Gasteiger partial charge in [0.2, 0.25) is 0 Å². The van der Waals surface area contributed by atoms with E-state index in [0.29, 0.717) is 55.9 Å². The maximum Gasteiger partial charge on any atom is 0.153 e. The summed E-state index contributed by atoms with van der Waals surface area (Å²) >= 11 is -0.928. The van der Waals surface area contributed by atoms with Crippen molar-refractivity contribution in [2.45, 2.75) is 68.2 Å². The van der Waals surface area contributed by atoms with E-state index in [2.05, 4.69) is 17.4 Å². The third kappa shape index (κ3) is 9.31. The highest BCUT2D eigenvalue weighted by Crippen LogP contribution is 2.30. The van der Waals surface area contributed by atoms with Crippen molar-refractivity contribution in [3.05, 3.63) is 94.5 Å². The van der Waals surface area contributed by atoms with Gasteiger partial charge >= 0.3 is 0 Å². The molecule has 0 amide bonds. The van der Waals surface area contributed by atoms with Gasteiger partial charge in [-0.2, -0.15) is 0 Å². The molecule has 40 heavy (non-hydrogen) atoms. The molecule has 0 aliphatic heterocycles. The van der Waals surface area contributed by atoms with Crippen LogP contribution in [0.4, 0.5) is 0 Å². The molecular weight excluding hydrogens is 526 g/mol. The van der Waals surface area contributed by atoms with Gasteiger partial charge in [0.25, 0.3) is 0 Å². The Morgan fingerprint density at radius 1 is 0.900 bits per heavy atom. The van der Waals surface area contributed by atoms with Crippen molar-refractivity contribution in [3.8, 4) is 5.75 Å². The van der Waals surface area contributed by atoms with Crippen LogP contribution in [0.3, 0.4) is 0 Å². The summed E-state index contributed by atoms with van der Waals surface area (Å²) in [6.45, 7) is 2.77. The van der Waals surface area contributed by atoms with Gasteiger partial charge in [-0.25, -0.2) is 0 Å². The third-order valence-corrected chi connectivity index (χ3v) is 9.02. The fourth-order valence-electron chi connectivity index (χ4n) is 4.96. The molecule has 0 radical (unpaired) electrons. The summed E-state index contributed by atoms with van der Waals surface area (Å²) in [5, 5.41) is 32.9. The van der Waals surface area contributed by atoms with Gasteiger partial charge in [0.1, 0.15) is 11.0 Å². The first-order valence-electron chi connectivity index (χ1n) is 14.1. The van der Waals surface area contributed by atoms with Crippen LogP contribution in [0, 0.1) is 0 Å². The molecule has 0 spiro atoms. The Bertz CT molecular complexity index is 1190. The van der Waals surface area contributed by atoms with E-state index in [4.69, 9.17) is 9.47 Å². The van der Waals surface area contributed by atoms with Gasteiger partial charge in [0, 0.05) is 12.1 Å². The Labute approximate surface area is 240 Å². The van der Waals surface area contributed by atoms with Crippen LogP contribution in [-0.4, -0.2) is 51.4 Å². The maximum absolute atomic E-state index is 12.8. The molecule has 3 aromatic rings. The predicted molar refractivity (Wildman–Crippen MR) is 156 cm³/mol. The molecule has 8 heteroatoms. The molecule has 1 aliphatic carbocycles. The van der Waals surface area contributed by atoms with Gasteiger partial charge in [0.15, 0.2) is 4.90 Å². The van der Waals surface area contributed by atoms with Crippen LogP contribution in [0.15, 0.2) is 71.6 Å². The fraction of sp³-hybridized carbons (Fsp3) is 0.438. The van der Waals surface area contributed by atoms with E-state index in [1.54, 1.807) is 12.1 Å². The van der Waals surface area contributed by atoms with Gasteiger partial charge in [-0.15, -0.1) is 0 Å². The number of aromatic hydroxyl groups is 1. The minimum atomic E-state index is -0.928. The third-order valence-electron chi connectivity index (χ3n) is 7.22. The molecule has 4 rings (SSSR count). The Kier molecular flexibility index (Phi) is 12.3. The molecule has 1 aliphatic rings. The SMILES string of the molecule is [O-][S+](c1cccc(COCCOCc2cccc(CCNC[C@H](O)c3ccc(O)c(CO)c3)c2)c1)C1CCCC1. The second-order valence-electron chi connectivity index (χ2n) is 10.3. The molecule has 1 saturated carbocycles. The molecule has 4 N–H and O–H groups in total. The zero-order valence-corrected chi connectivity index (χ0v) is 23.8. The Morgan fingerprint density at radius 3 is 2.30 bits per heavy atom. The van der Waals surface area contributed by atoms with E-state index in [9.17, 15) is 19.9 Å². The molecule has 1 fully saturated rings. The number of hydrogen-bond donors (Lipinski definition) is 4. The second-order valence-corrected chi connectivity index (χ2v) is 12.0. The number of aliphatic hydroxyl groups excluding tert-OH is 2. The van der Waals surface area contributed by atoms with E-state index in [1.165, 1.54) is 24.5 Å². The number of nitrogens with one attached hydrogen (secondary N) is 1. The van der Waals surface area contributed by atoms with Crippen molar-refractivity contribution in [1.82, 2.24) is 5.32 Å². The molecule has 7 nitrogen and oxygen atoms in total. The fourth-order valence-corrected chi connectivity index (χ4v) is 6.58. The van der Waals surface area contributed by atoms with Crippen LogP contribution in [-0.2, 0) is 46.9 Å². The number of hydrogen-bond acceptors (Lipinski definition) is 7. The first-order chi connectivity index (χ1) is 19.5. The van der Waals surface area contributed by atoms with Crippen LogP contribution in [0.2, 0.25) is 0 Å². The summed E-state index contributed by atoms with van der Waals surface area (Å²) in [4.78, 5) is 0.907.